The highest BCUT2D eigenvalue weighted by molar-refractivity contribution is 5.95. The van der Waals surface area contributed by atoms with Crippen molar-refractivity contribution in [3.63, 3.8) is 0 Å². The molecule has 1 fully saturated rings. The van der Waals surface area contributed by atoms with E-state index in [2.05, 4.69) is 29.1 Å². The molecule has 0 spiro atoms. The third-order valence-corrected chi connectivity index (χ3v) is 4.73. The van der Waals surface area contributed by atoms with Gasteiger partial charge in [0.25, 0.3) is 0 Å². The van der Waals surface area contributed by atoms with Crippen LogP contribution in [0.15, 0.2) is 59.4 Å². The summed E-state index contributed by atoms with van der Waals surface area (Å²) in [7, 11) is 0. The van der Waals surface area contributed by atoms with Gasteiger partial charge in [-0.25, -0.2) is 4.98 Å². The van der Waals surface area contributed by atoms with Crippen LogP contribution in [0, 0.1) is 5.92 Å². The van der Waals surface area contributed by atoms with E-state index in [1.807, 2.05) is 42.6 Å². The highest BCUT2D eigenvalue weighted by Crippen LogP contribution is 2.47. The third kappa shape index (κ3) is 3.38. The normalized spacial score (nSPS) is 18.7. The van der Waals surface area contributed by atoms with Gasteiger partial charge in [0, 0.05) is 35.5 Å². The maximum atomic E-state index is 12.4. The number of hydrogen-bond donors (Lipinski definition) is 1. The number of amides is 1. The van der Waals surface area contributed by atoms with Crippen molar-refractivity contribution in [3.8, 4) is 11.5 Å². The molecule has 1 saturated carbocycles. The molecule has 1 aliphatic rings. The van der Waals surface area contributed by atoms with Crippen molar-refractivity contribution >= 4 is 11.6 Å². The molecule has 0 saturated heterocycles. The number of carbonyl (C=O) groups excluding carboxylic acids is 1. The minimum absolute atomic E-state index is 0.0271. The van der Waals surface area contributed by atoms with Gasteiger partial charge < -0.3 is 9.73 Å². The Labute approximate surface area is 152 Å². The number of benzene rings is 1. The van der Waals surface area contributed by atoms with Crippen molar-refractivity contribution < 1.29 is 9.21 Å². The van der Waals surface area contributed by atoms with E-state index < -0.39 is 0 Å². The maximum Gasteiger partial charge on any atom is 0.228 e. The first-order valence-electron chi connectivity index (χ1n) is 8.89. The Morgan fingerprint density at radius 2 is 2.00 bits per heavy atom. The zero-order valence-electron chi connectivity index (χ0n) is 14.8. The molecule has 2 atom stereocenters. The Kier molecular flexibility index (Phi) is 4.29. The number of rotatable bonds is 5. The number of hydrogen-bond acceptors (Lipinski definition) is 4. The van der Waals surface area contributed by atoms with Crippen LogP contribution in [0.2, 0.25) is 0 Å². The largest absolute Gasteiger partial charge is 0.441 e. The quantitative estimate of drug-likeness (QED) is 0.732. The summed E-state index contributed by atoms with van der Waals surface area (Å²) in [4.78, 5) is 20.9. The van der Waals surface area contributed by atoms with Crippen LogP contribution >= 0.6 is 0 Å². The molecule has 26 heavy (non-hydrogen) atoms. The van der Waals surface area contributed by atoms with Gasteiger partial charge in [-0.15, -0.1) is 0 Å². The molecule has 1 N–H and O–H groups in total. The Bertz CT molecular complexity index is 901. The van der Waals surface area contributed by atoms with Crippen LogP contribution in [-0.4, -0.2) is 15.9 Å². The molecule has 2 aromatic heterocycles. The van der Waals surface area contributed by atoms with E-state index in [0.29, 0.717) is 11.8 Å². The summed E-state index contributed by atoms with van der Waals surface area (Å²) >= 11 is 0. The average Bonchev–Trinajstić information content (AvgIpc) is 3.31. The zero-order valence-corrected chi connectivity index (χ0v) is 14.8. The van der Waals surface area contributed by atoms with Crippen LogP contribution in [0.5, 0.6) is 0 Å². The number of nitrogens with zero attached hydrogens (tertiary/aromatic N) is 2. The van der Waals surface area contributed by atoms with Crippen molar-refractivity contribution in [2.45, 2.75) is 32.1 Å². The average molecular weight is 347 g/mol. The van der Waals surface area contributed by atoms with Gasteiger partial charge >= 0.3 is 0 Å². The fourth-order valence-electron chi connectivity index (χ4n) is 3.07. The summed E-state index contributed by atoms with van der Waals surface area (Å²) in [5.74, 6) is 2.15. The van der Waals surface area contributed by atoms with Gasteiger partial charge in [0.1, 0.15) is 5.76 Å². The van der Waals surface area contributed by atoms with E-state index in [4.69, 9.17) is 4.42 Å². The lowest BCUT2D eigenvalue weighted by Gasteiger charge is -2.06. The summed E-state index contributed by atoms with van der Waals surface area (Å²) in [5, 5.41) is 3.00. The topological polar surface area (TPSA) is 68.0 Å². The van der Waals surface area contributed by atoms with Gasteiger partial charge in [0.05, 0.1) is 6.20 Å². The van der Waals surface area contributed by atoms with Crippen LogP contribution in [0.3, 0.4) is 0 Å². The van der Waals surface area contributed by atoms with Gasteiger partial charge in [-0.05, 0) is 48.2 Å². The smallest absolute Gasteiger partial charge is 0.228 e. The van der Waals surface area contributed by atoms with Gasteiger partial charge in [-0.1, -0.05) is 19.9 Å². The second-order valence-corrected chi connectivity index (χ2v) is 7.02. The van der Waals surface area contributed by atoms with E-state index in [1.54, 1.807) is 12.4 Å². The molecular formula is C21H21N3O2. The van der Waals surface area contributed by atoms with E-state index in [-0.39, 0.29) is 17.7 Å². The van der Waals surface area contributed by atoms with Crippen molar-refractivity contribution in [2.24, 2.45) is 5.92 Å². The molecule has 2 heterocycles. The first kappa shape index (κ1) is 16.5. The number of oxazole rings is 1. The summed E-state index contributed by atoms with van der Waals surface area (Å²) in [6.07, 6.45) is 6.24. The molecule has 5 heteroatoms. The van der Waals surface area contributed by atoms with Crippen LogP contribution in [0.4, 0.5) is 5.69 Å². The van der Waals surface area contributed by atoms with Gasteiger partial charge in [-0.2, -0.15) is 0 Å². The standard InChI is InChI=1S/C21H21N3O2/c1-13(2)19-12-23-21(26-19)14-5-7-16(8-6-14)24-20(25)18-10-17(18)15-4-3-9-22-11-15/h3-9,11-13,17-18H,10H2,1-2H3,(H,24,25)/t17-,18-/m0/s1. The van der Waals surface area contributed by atoms with E-state index in [1.165, 1.54) is 0 Å². The summed E-state index contributed by atoms with van der Waals surface area (Å²) < 4.78 is 5.76. The van der Waals surface area contributed by atoms with E-state index >= 15 is 0 Å². The summed E-state index contributed by atoms with van der Waals surface area (Å²) in [6, 6.07) is 11.5. The van der Waals surface area contributed by atoms with Crippen molar-refractivity contribution in [1.29, 1.82) is 0 Å². The Morgan fingerprint density at radius 1 is 1.19 bits per heavy atom. The van der Waals surface area contributed by atoms with Crippen molar-refractivity contribution in [2.75, 3.05) is 5.32 Å². The summed E-state index contributed by atoms with van der Waals surface area (Å²) in [5.41, 5.74) is 2.81. The predicted molar refractivity (Wildman–Crippen MR) is 99.7 cm³/mol. The van der Waals surface area contributed by atoms with Gasteiger partial charge in [0.15, 0.2) is 0 Å². The van der Waals surface area contributed by atoms with Crippen molar-refractivity contribution in [3.05, 3.63) is 66.3 Å². The molecule has 0 radical (unpaired) electrons. The van der Waals surface area contributed by atoms with Crippen molar-refractivity contribution in [1.82, 2.24) is 9.97 Å². The van der Waals surface area contributed by atoms with Gasteiger partial charge in [-0.3, -0.25) is 9.78 Å². The Hall–Kier alpha value is -2.95. The molecular weight excluding hydrogens is 326 g/mol. The molecule has 0 unspecified atom stereocenters. The zero-order chi connectivity index (χ0) is 18.1. The number of carbonyl (C=O) groups is 1. The number of nitrogens with one attached hydrogen (secondary N) is 1. The molecule has 1 aliphatic carbocycles. The maximum absolute atomic E-state index is 12.4. The lowest BCUT2D eigenvalue weighted by Crippen LogP contribution is -2.14. The first-order valence-corrected chi connectivity index (χ1v) is 8.89. The molecule has 1 amide bonds. The molecule has 3 aromatic rings. The Balaban J connectivity index is 1.39. The number of anilines is 1. The molecule has 0 bridgehead atoms. The van der Waals surface area contributed by atoms with E-state index in [9.17, 15) is 4.79 Å². The number of pyridine rings is 1. The summed E-state index contributed by atoms with van der Waals surface area (Å²) in [6.45, 7) is 4.14. The lowest BCUT2D eigenvalue weighted by atomic mass is 10.1. The number of aromatic nitrogens is 2. The second-order valence-electron chi connectivity index (χ2n) is 7.02. The predicted octanol–water partition coefficient (Wildman–Crippen LogP) is 4.60. The molecule has 5 nitrogen and oxygen atoms in total. The SMILES string of the molecule is CC(C)c1cnc(-c2ccc(NC(=O)[C@H]3C[C@H]3c3cccnc3)cc2)o1. The molecule has 4 rings (SSSR count). The third-order valence-electron chi connectivity index (χ3n) is 4.73. The highest BCUT2D eigenvalue weighted by atomic mass is 16.4. The lowest BCUT2D eigenvalue weighted by molar-refractivity contribution is -0.117. The Morgan fingerprint density at radius 3 is 2.65 bits per heavy atom. The van der Waals surface area contributed by atoms with Crippen LogP contribution in [0.1, 0.15) is 43.4 Å². The first-order chi connectivity index (χ1) is 12.6. The molecule has 132 valence electrons. The van der Waals surface area contributed by atoms with Crippen LogP contribution in [0.25, 0.3) is 11.5 Å². The van der Waals surface area contributed by atoms with E-state index in [0.717, 1.165) is 29.0 Å². The van der Waals surface area contributed by atoms with Crippen LogP contribution < -0.4 is 5.32 Å². The fraction of sp³-hybridized carbons (Fsp3) is 0.286. The second kappa shape index (κ2) is 6.75. The monoisotopic (exact) mass is 347 g/mol. The molecule has 0 aliphatic heterocycles. The highest BCUT2D eigenvalue weighted by Gasteiger charge is 2.44. The van der Waals surface area contributed by atoms with Crippen LogP contribution in [-0.2, 0) is 4.79 Å². The van der Waals surface area contributed by atoms with Gasteiger partial charge in [0.2, 0.25) is 11.8 Å². The minimum Gasteiger partial charge on any atom is -0.441 e. The fourth-order valence-corrected chi connectivity index (χ4v) is 3.07. The minimum atomic E-state index is 0.0271. The molecule has 1 aromatic carbocycles.